The highest BCUT2D eigenvalue weighted by atomic mass is 127. The summed E-state index contributed by atoms with van der Waals surface area (Å²) < 4.78 is 12.8. The van der Waals surface area contributed by atoms with Crippen molar-refractivity contribution in [2.24, 2.45) is 0 Å². The third-order valence-electron chi connectivity index (χ3n) is 4.64. The van der Waals surface area contributed by atoms with Crippen LogP contribution in [0, 0.1) is 3.57 Å². The third kappa shape index (κ3) is 3.49. The topological polar surface area (TPSA) is 18.5 Å². The molecule has 26 heavy (non-hydrogen) atoms. The Kier molecular flexibility index (Phi) is 4.98. The molecule has 1 aliphatic rings. The molecule has 0 saturated carbocycles. The predicted octanol–water partition coefficient (Wildman–Crippen LogP) is 5.94. The number of rotatable bonds is 5. The first-order chi connectivity index (χ1) is 12.7. The molecule has 0 N–H and O–H groups in total. The molecule has 0 heterocycles. The van der Waals surface area contributed by atoms with E-state index in [1.807, 2.05) is 12.1 Å². The van der Waals surface area contributed by atoms with Crippen LogP contribution < -0.4 is 4.74 Å². The summed E-state index contributed by atoms with van der Waals surface area (Å²) in [6, 6.07) is 25.2. The Morgan fingerprint density at radius 3 is 2.35 bits per heavy atom. The number of allylic oxidation sites excluding steroid dienone is 1. The third-order valence-corrected chi connectivity index (χ3v) is 5.36. The van der Waals surface area contributed by atoms with E-state index < -0.39 is 0 Å². The average molecular weight is 454 g/mol. The van der Waals surface area contributed by atoms with Gasteiger partial charge in [-0.05, 0) is 63.5 Å². The number of ether oxygens (including phenoxy) is 2. The van der Waals surface area contributed by atoms with Crippen molar-refractivity contribution in [3.63, 3.8) is 0 Å². The monoisotopic (exact) mass is 454 g/mol. The van der Waals surface area contributed by atoms with Crippen LogP contribution in [-0.2, 0) is 17.8 Å². The van der Waals surface area contributed by atoms with E-state index in [1.165, 1.54) is 31.4 Å². The zero-order chi connectivity index (χ0) is 17.9. The summed E-state index contributed by atoms with van der Waals surface area (Å²) in [4.78, 5) is 0. The first-order valence-corrected chi connectivity index (χ1v) is 9.65. The van der Waals surface area contributed by atoms with Gasteiger partial charge in [0.2, 0.25) is 0 Å². The molecule has 0 unspecified atom stereocenters. The van der Waals surface area contributed by atoms with Crippen molar-refractivity contribution in [2.75, 3.05) is 7.11 Å². The van der Waals surface area contributed by atoms with Crippen LogP contribution in [0.3, 0.4) is 0 Å². The number of hydrogen-bond donors (Lipinski definition) is 0. The maximum atomic E-state index is 6.32. The van der Waals surface area contributed by atoms with Gasteiger partial charge < -0.3 is 9.47 Å². The Morgan fingerprint density at radius 2 is 1.62 bits per heavy atom. The minimum absolute atomic E-state index is 0.570. The molecule has 0 fully saturated rings. The Morgan fingerprint density at radius 1 is 0.885 bits per heavy atom. The van der Waals surface area contributed by atoms with Gasteiger partial charge in [-0.2, -0.15) is 0 Å². The van der Waals surface area contributed by atoms with E-state index in [-0.39, 0.29) is 0 Å². The molecule has 0 amide bonds. The van der Waals surface area contributed by atoms with Crippen LogP contribution in [0.15, 0.2) is 72.8 Å². The summed E-state index contributed by atoms with van der Waals surface area (Å²) in [5, 5.41) is 0. The molecule has 0 spiro atoms. The summed E-state index contributed by atoms with van der Waals surface area (Å²) in [6.45, 7) is 0.570. The van der Waals surface area contributed by atoms with Crippen molar-refractivity contribution in [1.29, 1.82) is 0 Å². The summed E-state index contributed by atoms with van der Waals surface area (Å²) >= 11 is 2.32. The number of fused-ring (bicyclic) bond motifs is 1. The fourth-order valence-electron chi connectivity index (χ4n) is 3.26. The number of hydrogen-bond acceptors (Lipinski definition) is 2. The Bertz CT molecular complexity index is 941. The van der Waals surface area contributed by atoms with Gasteiger partial charge in [0.15, 0.2) is 0 Å². The SMILES string of the molecule is COc1ccc(C2=C(OCc3ccc(I)cc3)c3ccccc3C2)cc1. The Labute approximate surface area is 167 Å². The molecule has 2 nitrogen and oxygen atoms in total. The van der Waals surface area contributed by atoms with Gasteiger partial charge in [-0.1, -0.05) is 48.5 Å². The van der Waals surface area contributed by atoms with Gasteiger partial charge >= 0.3 is 0 Å². The van der Waals surface area contributed by atoms with Crippen LogP contribution in [0.4, 0.5) is 0 Å². The summed E-state index contributed by atoms with van der Waals surface area (Å²) in [7, 11) is 1.69. The molecule has 0 radical (unpaired) electrons. The largest absolute Gasteiger partial charge is 0.497 e. The molecule has 0 aliphatic heterocycles. The molecule has 0 bridgehead atoms. The Hall–Kier alpha value is -2.27. The molecule has 3 aromatic rings. The number of benzene rings is 3. The smallest absolute Gasteiger partial charge is 0.131 e. The second-order valence-electron chi connectivity index (χ2n) is 6.29. The van der Waals surface area contributed by atoms with E-state index in [1.54, 1.807) is 7.11 Å². The number of halogens is 1. The van der Waals surface area contributed by atoms with Crippen molar-refractivity contribution < 1.29 is 9.47 Å². The molecule has 0 atom stereocenters. The van der Waals surface area contributed by atoms with Gasteiger partial charge in [-0.3, -0.25) is 0 Å². The van der Waals surface area contributed by atoms with Crippen molar-refractivity contribution in [3.05, 3.63) is 98.6 Å². The first kappa shape index (κ1) is 17.2. The van der Waals surface area contributed by atoms with Gasteiger partial charge in [0, 0.05) is 21.1 Å². The van der Waals surface area contributed by atoms with Gasteiger partial charge in [-0.25, -0.2) is 0 Å². The van der Waals surface area contributed by atoms with Gasteiger partial charge in [0.05, 0.1) is 7.11 Å². The molecule has 0 saturated heterocycles. The summed E-state index contributed by atoms with van der Waals surface area (Å²) in [5.41, 5.74) is 6.11. The second-order valence-corrected chi connectivity index (χ2v) is 7.53. The molecular formula is C23H19IO2. The van der Waals surface area contributed by atoms with Crippen molar-refractivity contribution >= 4 is 33.9 Å². The van der Waals surface area contributed by atoms with Crippen LogP contribution in [0.2, 0.25) is 0 Å². The van der Waals surface area contributed by atoms with Crippen molar-refractivity contribution in [1.82, 2.24) is 0 Å². The lowest BCUT2D eigenvalue weighted by Crippen LogP contribution is -1.95. The molecule has 3 aromatic carbocycles. The maximum absolute atomic E-state index is 6.32. The average Bonchev–Trinajstić information content (AvgIpc) is 3.06. The molecule has 1 aliphatic carbocycles. The van der Waals surface area contributed by atoms with E-state index in [2.05, 4.69) is 83.3 Å². The van der Waals surface area contributed by atoms with Crippen molar-refractivity contribution in [3.8, 4) is 5.75 Å². The normalized spacial score (nSPS) is 12.8. The van der Waals surface area contributed by atoms with E-state index >= 15 is 0 Å². The lowest BCUT2D eigenvalue weighted by Gasteiger charge is -2.12. The van der Waals surface area contributed by atoms with E-state index in [0.717, 1.165) is 17.9 Å². The minimum atomic E-state index is 0.570. The van der Waals surface area contributed by atoms with E-state index in [0.29, 0.717) is 6.61 Å². The predicted molar refractivity (Wildman–Crippen MR) is 114 cm³/mol. The lowest BCUT2D eigenvalue weighted by molar-refractivity contribution is 0.266. The fraction of sp³-hybridized carbons (Fsp3) is 0.130. The molecule has 3 heteroatoms. The minimum Gasteiger partial charge on any atom is -0.497 e. The molecule has 130 valence electrons. The lowest BCUT2D eigenvalue weighted by atomic mass is 10.0. The van der Waals surface area contributed by atoms with E-state index in [4.69, 9.17) is 9.47 Å². The van der Waals surface area contributed by atoms with E-state index in [9.17, 15) is 0 Å². The first-order valence-electron chi connectivity index (χ1n) is 8.57. The standard InChI is InChI=1S/C23H19IO2/c1-25-20-12-8-17(9-13-20)22-14-18-4-2-3-5-21(18)23(22)26-15-16-6-10-19(24)11-7-16/h2-13H,14-15H2,1H3. The highest BCUT2D eigenvalue weighted by Gasteiger charge is 2.23. The maximum Gasteiger partial charge on any atom is 0.131 e. The number of methoxy groups -OCH3 is 1. The zero-order valence-electron chi connectivity index (χ0n) is 14.5. The van der Waals surface area contributed by atoms with Gasteiger partial charge in [-0.15, -0.1) is 0 Å². The molecule has 0 aromatic heterocycles. The highest BCUT2D eigenvalue weighted by Crippen LogP contribution is 2.39. The zero-order valence-corrected chi connectivity index (χ0v) is 16.7. The summed E-state index contributed by atoms with van der Waals surface area (Å²) in [6.07, 6.45) is 0.893. The van der Waals surface area contributed by atoms with Crippen molar-refractivity contribution in [2.45, 2.75) is 13.0 Å². The quantitative estimate of drug-likeness (QED) is 0.445. The molecule has 4 rings (SSSR count). The van der Waals surface area contributed by atoms with Crippen LogP contribution in [0.1, 0.15) is 22.3 Å². The van der Waals surface area contributed by atoms with Crippen LogP contribution in [0.25, 0.3) is 11.3 Å². The summed E-state index contributed by atoms with van der Waals surface area (Å²) in [5.74, 6) is 1.86. The van der Waals surface area contributed by atoms with Gasteiger partial charge in [0.25, 0.3) is 0 Å². The Balaban J connectivity index is 1.67. The van der Waals surface area contributed by atoms with Gasteiger partial charge in [0.1, 0.15) is 18.1 Å². The van der Waals surface area contributed by atoms with Crippen LogP contribution in [0.5, 0.6) is 5.75 Å². The second kappa shape index (κ2) is 7.54. The van der Waals surface area contributed by atoms with Crippen LogP contribution >= 0.6 is 22.6 Å². The fourth-order valence-corrected chi connectivity index (χ4v) is 3.62. The van der Waals surface area contributed by atoms with Crippen LogP contribution in [-0.4, -0.2) is 7.11 Å². The molecular weight excluding hydrogens is 435 g/mol. The highest BCUT2D eigenvalue weighted by molar-refractivity contribution is 14.1.